The van der Waals surface area contributed by atoms with Crippen LogP contribution in [0.1, 0.15) is 58.3 Å². The average molecular weight is 347 g/mol. The van der Waals surface area contributed by atoms with Crippen molar-refractivity contribution in [1.29, 1.82) is 0 Å². The molecule has 0 radical (unpaired) electrons. The predicted octanol–water partition coefficient (Wildman–Crippen LogP) is 3.50. The third kappa shape index (κ3) is 2.69. The van der Waals surface area contributed by atoms with Crippen molar-refractivity contribution in [2.24, 2.45) is 22.7 Å². The first-order valence-electron chi connectivity index (χ1n) is 8.71. The van der Waals surface area contributed by atoms with E-state index in [1.807, 2.05) is 6.92 Å². The molecule has 4 saturated carbocycles. The number of alkyl halides is 3. The lowest BCUT2D eigenvalue weighted by Gasteiger charge is -2.61. The quantitative estimate of drug-likeness (QED) is 0.800. The van der Waals surface area contributed by atoms with Gasteiger partial charge < -0.3 is 10.4 Å². The molecule has 4 bridgehead atoms. The third-order valence-electron chi connectivity index (χ3n) is 6.32. The molecule has 4 nitrogen and oxygen atoms in total. The SMILES string of the molecule is CCCC(NC(=O)C12CC3CC(C1)CC(C(F)(F)F)(C3)C2)C(=O)O. The van der Waals surface area contributed by atoms with Gasteiger partial charge in [-0.15, -0.1) is 0 Å². The first-order chi connectivity index (χ1) is 11.1. The fourth-order valence-electron chi connectivity index (χ4n) is 5.72. The Morgan fingerprint density at radius 3 is 2.25 bits per heavy atom. The van der Waals surface area contributed by atoms with Crippen LogP contribution in [0.4, 0.5) is 13.2 Å². The summed E-state index contributed by atoms with van der Waals surface area (Å²) in [5.41, 5.74) is -2.79. The lowest BCUT2D eigenvalue weighted by Crippen LogP contribution is -2.62. The smallest absolute Gasteiger partial charge is 0.394 e. The van der Waals surface area contributed by atoms with E-state index < -0.39 is 34.9 Å². The van der Waals surface area contributed by atoms with Crippen molar-refractivity contribution in [3.8, 4) is 0 Å². The Labute approximate surface area is 139 Å². The molecule has 4 fully saturated rings. The van der Waals surface area contributed by atoms with Crippen LogP contribution in [0.25, 0.3) is 0 Å². The number of rotatable bonds is 5. The molecular weight excluding hydrogens is 323 g/mol. The lowest BCUT2D eigenvalue weighted by molar-refractivity contribution is -0.283. The number of carboxylic acid groups (broad SMARTS) is 1. The molecule has 1 amide bonds. The van der Waals surface area contributed by atoms with Gasteiger partial charge in [0.2, 0.25) is 5.91 Å². The largest absolute Gasteiger partial charge is 0.480 e. The van der Waals surface area contributed by atoms with E-state index in [9.17, 15) is 27.9 Å². The summed E-state index contributed by atoms with van der Waals surface area (Å²) in [6, 6.07) is -1.02. The second-order valence-corrected chi connectivity index (χ2v) is 8.17. The van der Waals surface area contributed by atoms with E-state index in [-0.39, 0.29) is 37.5 Å². The fraction of sp³-hybridized carbons (Fsp3) is 0.882. The van der Waals surface area contributed by atoms with Crippen LogP contribution in [0.3, 0.4) is 0 Å². The normalized spacial score (nSPS) is 38.8. The van der Waals surface area contributed by atoms with Gasteiger partial charge in [0.05, 0.1) is 10.8 Å². The maximum absolute atomic E-state index is 13.7. The number of aliphatic carboxylic acids is 1. The highest BCUT2D eigenvalue weighted by Gasteiger charge is 2.69. The summed E-state index contributed by atoms with van der Waals surface area (Å²) < 4.78 is 41.2. The second kappa shape index (κ2) is 5.63. The van der Waals surface area contributed by atoms with Gasteiger partial charge in [0.15, 0.2) is 0 Å². The van der Waals surface area contributed by atoms with E-state index in [1.165, 1.54) is 0 Å². The van der Waals surface area contributed by atoms with Gasteiger partial charge >= 0.3 is 12.1 Å². The number of amides is 1. The van der Waals surface area contributed by atoms with Gasteiger partial charge in [-0.3, -0.25) is 4.79 Å². The standard InChI is InChI=1S/C17H24F3NO3/c1-2-3-12(13(22)23)21-14(24)15-5-10-4-11(6-15)8-16(7-10,9-15)17(18,19)20/h10-12H,2-9H2,1H3,(H,21,24)(H,22,23). The van der Waals surface area contributed by atoms with Crippen molar-refractivity contribution in [3.05, 3.63) is 0 Å². The van der Waals surface area contributed by atoms with E-state index in [2.05, 4.69) is 5.32 Å². The molecule has 0 spiro atoms. The van der Waals surface area contributed by atoms with Crippen LogP contribution in [0.15, 0.2) is 0 Å². The molecule has 0 aromatic carbocycles. The molecule has 4 aliphatic carbocycles. The number of halogens is 3. The molecule has 0 aromatic heterocycles. The summed E-state index contributed by atoms with van der Waals surface area (Å²) in [6.45, 7) is 1.81. The van der Waals surface area contributed by atoms with Crippen LogP contribution in [-0.2, 0) is 9.59 Å². The molecule has 24 heavy (non-hydrogen) atoms. The van der Waals surface area contributed by atoms with Gasteiger partial charge in [0, 0.05) is 0 Å². The summed E-state index contributed by atoms with van der Waals surface area (Å²) in [7, 11) is 0. The van der Waals surface area contributed by atoms with Gasteiger partial charge in [-0.2, -0.15) is 13.2 Å². The fourth-order valence-corrected chi connectivity index (χ4v) is 5.72. The maximum atomic E-state index is 13.7. The van der Waals surface area contributed by atoms with Crippen molar-refractivity contribution < 1.29 is 27.9 Å². The van der Waals surface area contributed by atoms with Crippen LogP contribution < -0.4 is 5.32 Å². The molecule has 0 heterocycles. The number of carboxylic acids is 1. The minimum Gasteiger partial charge on any atom is -0.480 e. The molecule has 3 unspecified atom stereocenters. The summed E-state index contributed by atoms with van der Waals surface area (Å²) in [5, 5.41) is 11.8. The molecule has 4 aliphatic rings. The summed E-state index contributed by atoms with van der Waals surface area (Å²) in [5.74, 6) is -1.76. The summed E-state index contributed by atoms with van der Waals surface area (Å²) in [4.78, 5) is 24.1. The molecule has 0 aromatic rings. The van der Waals surface area contributed by atoms with Crippen LogP contribution in [-0.4, -0.2) is 29.2 Å². The minimum atomic E-state index is -4.30. The Morgan fingerprint density at radius 1 is 1.21 bits per heavy atom. The van der Waals surface area contributed by atoms with Gasteiger partial charge in [-0.25, -0.2) is 4.79 Å². The Hall–Kier alpha value is -1.27. The Balaban J connectivity index is 1.84. The number of nitrogens with one attached hydrogen (secondary N) is 1. The highest BCUT2D eigenvalue weighted by Crippen LogP contribution is 2.69. The van der Waals surface area contributed by atoms with Crippen LogP contribution in [0.5, 0.6) is 0 Å². The predicted molar refractivity (Wildman–Crippen MR) is 80.1 cm³/mol. The van der Waals surface area contributed by atoms with Crippen molar-refractivity contribution in [2.45, 2.75) is 70.5 Å². The monoisotopic (exact) mass is 347 g/mol. The van der Waals surface area contributed by atoms with Gasteiger partial charge in [0.25, 0.3) is 0 Å². The summed E-state index contributed by atoms with van der Waals surface area (Å²) in [6.07, 6.45) is -1.66. The first kappa shape index (κ1) is 17.5. The van der Waals surface area contributed by atoms with Crippen molar-refractivity contribution in [1.82, 2.24) is 5.32 Å². The molecule has 0 saturated heterocycles. The number of carbonyl (C=O) groups is 2. The minimum absolute atomic E-state index is 0.0759. The van der Waals surface area contributed by atoms with Crippen LogP contribution >= 0.6 is 0 Å². The Morgan fingerprint density at radius 2 is 1.79 bits per heavy atom. The van der Waals surface area contributed by atoms with Crippen molar-refractivity contribution in [2.75, 3.05) is 0 Å². The first-order valence-corrected chi connectivity index (χ1v) is 8.71. The van der Waals surface area contributed by atoms with E-state index in [1.54, 1.807) is 0 Å². The maximum Gasteiger partial charge on any atom is 0.394 e. The van der Waals surface area contributed by atoms with Gasteiger partial charge in [-0.1, -0.05) is 13.3 Å². The van der Waals surface area contributed by atoms with E-state index >= 15 is 0 Å². The van der Waals surface area contributed by atoms with Gasteiger partial charge in [-0.05, 0) is 56.8 Å². The van der Waals surface area contributed by atoms with Crippen LogP contribution in [0.2, 0.25) is 0 Å². The zero-order valence-electron chi connectivity index (χ0n) is 13.8. The number of carbonyl (C=O) groups excluding carboxylic acids is 1. The highest BCUT2D eigenvalue weighted by molar-refractivity contribution is 5.88. The molecule has 4 rings (SSSR count). The highest BCUT2D eigenvalue weighted by atomic mass is 19.4. The molecular formula is C17H24F3NO3. The summed E-state index contributed by atoms with van der Waals surface area (Å²) >= 11 is 0. The van der Waals surface area contributed by atoms with E-state index in [4.69, 9.17) is 0 Å². The molecule has 2 N–H and O–H groups in total. The van der Waals surface area contributed by atoms with Crippen molar-refractivity contribution in [3.63, 3.8) is 0 Å². The Bertz CT molecular complexity index is 532. The third-order valence-corrected chi connectivity index (χ3v) is 6.32. The van der Waals surface area contributed by atoms with Gasteiger partial charge in [0.1, 0.15) is 6.04 Å². The zero-order chi connectivity index (χ0) is 17.8. The van der Waals surface area contributed by atoms with Crippen LogP contribution in [0, 0.1) is 22.7 Å². The Kier molecular flexibility index (Phi) is 4.12. The van der Waals surface area contributed by atoms with E-state index in [0.29, 0.717) is 19.3 Å². The topological polar surface area (TPSA) is 66.4 Å². The molecule has 3 atom stereocenters. The molecule has 0 aliphatic heterocycles. The number of hydrogen-bond donors (Lipinski definition) is 2. The zero-order valence-corrected chi connectivity index (χ0v) is 13.8. The lowest BCUT2D eigenvalue weighted by atomic mass is 9.43. The second-order valence-electron chi connectivity index (χ2n) is 8.17. The molecule has 136 valence electrons. The number of hydrogen-bond acceptors (Lipinski definition) is 2. The molecule has 7 heteroatoms. The van der Waals surface area contributed by atoms with Crippen molar-refractivity contribution >= 4 is 11.9 Å². The average Bonchev–Trinajstić information content (AvgIpc) is 2.44. The van der Waals surface area contributed by atoms with E-state index in [0.717, 1.165) is 6.42 Å².